The van der Waals surface area contributed by atoms with E-state index in [4.69, 9.17) is 0 Å². The summed E-state index contributed by atoms with van der Waals surface area (Å²) < 4.78 is 42.6. The minimum atomic E-state index is -4.52. The van der Waals surface area contributed by atoms with Crippen molar-refractivity contribution < 1.29 is 18.0 Å². The first-order chi connectivity index (χ1) is 18.3. The van der Waals surface area contributed by atoms with E-state index in [1.165, 1.54) is 21.3 Å². The molecule has 8 heteroatoms. The summed E-state index contributed by atoms with van der Waals surface area (Å²) >= 11 is 0. The van der Waals surface area contributed by atoms with E-state index in [1.54, 1.807) is 60.7 Å². The fraction of sp³-hybridized carbons (Fsp3) is 0.0667. The van der Waals surface area contributed by atoms with Crippen LogP contribution in [0.3, 0.4) is 0 Å². The lowest BCUT2D eigenvalue weighted by Crippen LogP contribution is -2.26. The smallest absolute Gasteiger partial charge is 0.321 e. The number of rotatable bonds is 6. The van der Waals surface area contributed by atoms with Crippen LogP contribution in [0, 0.1) is 0 Å². The third kappa shape index (κ3) is 5.01. The Morgan fingerprint density at radius 2 is 1.29 bits per heavy atom. The van der Waals surface area contributed by atoms with Crippen molar-refractivity contribution in [3.05, 3.63) is 143 Å². The minimum Gasteiger partial charge on any atom is -0.321 e. The second-order valence-corrected chi connectivity index (χ2v) is 8.62. The average Bonchev–Trinajstić information content (AvgIpc) is 3.21. The van der Waals surface area contributed by atoms with Gasteiger partial charge in [0.25, 0.3) is 5.91 Å². The van der Waals surface area contributed by atoms with Gasteiger partial charge in [-0.2, -0.15) is 13.2 Å². The molecule has 38 heavy (non-hydrogen) atoms. The van der Waals surface area contributed by atoms with E-state index < -0.39 is 23.3 Å². The molecule has 5 aromatic rings. The Labute approximate surface area is 216 Å². The molecular weight excluding hydrogens is 491 g/mol. The monoisotopic (exact) mass is 513 g/mol. The average molecular weight is 514 g/mol. The molecule has 0 saturated carbocycles. The van der Waals surface area contributed by atoms with Crippen molar-refractivity contribution in [1.82, 2.24) is 9.13 Å². The van der Waals surface area contributed by atoms with Crippen LogP contribution in [-0.2, 0) is 12.7 Å². The molecule has 0 radical (unpaired) electrons. The van der Waals surface area contributed by atoms with Gasteiger partial charge in [-0.05, 0) is 42.0 Å². The molecule has 0 aliphatic rings. The number of carbonyl (C=O) groups excluding carboxylic acids is 1. The highest BCUT2D eigenvalue weighted by molar-refractivity contribution is 6.07. The normalized spacial score (nSPS) is 11.3. The molecular formula is C30H22F3N3O2. The Bertz CT molecular complexity index is 1610. The maximum atomic E-state index is 13.9. The summed E-state index contributed by atoms with van der Waals surface area (Å²) in [6.45, 7) is 0.113. The van der Waals surface area contributed by atoms with Crippen molar-refractivity contribution in [3.63, 3.8) is 0 Å². The van der Waals surface area contributed by atoms with Gasteiger partial charge in [-0.3, -0.25) is 13.9 Å². The van der Waals surface area contributed by atoms with Gasteiger partial charge in [0.2, 0.25) is 0 Å². The molecule has 190 valence electrons. The molecule has 0 aliphatic heterocycles. The SMILES string of the molecule is O=C(Nc1ccccc1)c1c(-c2ccc(C(F)(F)F)cc2)n(Cc2ccccc2)c(=O)n1-c1ccccc1. The Balaban J connectivity index is 1.77. The Hall–Kier alpha value is -4.85. The summed E-state index contributed by atoms with van der Waals surface area (Å²) in [6.07, 6.45) is -4.52. The van der Waals surface area contributed by atoms with Gasteiger partial charge in [0, 0.05) is 11.3 Å². The summed E-state index contributed by atoms with van der Waals surface area (Å²) in [5.41, 5.74) is 0.978. The minimum absolute atomic E-state index is 0.0146. The topological polar surface area (TPSA) is 56.0 Å². The second kappa shape index (κ2) is 10.3. The molecule has 0 unspecified atom stereocenters. The fourth-order valence-corrected chi connectivity index (χ4v) is 4.31. The van der Waals surface area contributed by atoms with E-state index >= 15 is 0 Å². The number of alkyl halides is 3. The lowest BCUT2D eigenvalue weighted by atomic mass is 10.1. The molecule has 0 bridgehead atoms. The molecule has 5 rings (SSSR count). The number of anilines is 1. The number of hydrogen-bond acceptors (Lipinski definition) is 2. The van der Waals surface area contributed by atoms with Crippen molar-refractivity contribution in [1.29, 1.82) is 0 Å². The third-order valence-corrected chi connectivity index (χ3v) is 6.07. The third-order valence-electron chi connectivity index (χ3n) is 6.07. The largest absolute Gasteiger partial charge is 0.416 e. The number of carbonyl (C=O) groups is 1. The molecule has 5 nitrogen and oxygen atoms in total. The van der Waals surface area contributed by atoms with Gasteiger partial charge >= 0.3 is 11.9 Å². The first-order valence-corrected chi connectivity index (χ1v) is 11.8. The fourth-order valence-electron chi connectivity index (χ4n) is 4.31. The van der Waals surface area contributed by atoms with Crippen LogP contribution in [0.15, 0.2) is 120 Å². The van der Waals surface area contributed by atoms with E-state index in [0.717, 1.165) is 17.7 Å². The molecule has 0 aliphatic carbocycles. The second-order valence-electron chi connectivity index (χ2n) is 8.62. The van der Waals surface area contributed by atoms with Gasteiger partial charge in [-0.25, -0.2) is 4.79 Å². The number of nitrogens with zero attached hydrogens (tertiary/aromatic N) is 2. The predicted molar refractivity (Wildman–Crippen MR) is 140 cm³/mol. The molecule has 1 aromatic heterocycles. The Kier molecular flexibility index (Phi) is 6.70. The van der Waals surface area contributed by atoms with Crippen LogP contribution < -0.4 is 11.0 Å². The number of benzene rings is 4. The van der Waals surface area contributed by atoms with Gasteiger partial charge in [0.15, 0.2) is 0 Å². The number of hydrogen-bond donors (Lipinski definition) is 1. The lowest BCUT2D eigenvalue weighted by molar-refractivity contribution is -0.137. The number of imidazole rings is 1. The Morgan fingerprint density at radius 3 is 1.87 bits per heavy atom. The standard InChI is InChI=1S/C30H22F3N3O2/c31-30(32,33)23-18-16-22(17-19-23)26-27(28(37)34-24-12-6-2-7-13-24)36(25-14-8-3-9-15-25)29(38)35(26)20-21-10-4-1-5-11-21/h1-19H,20H2,(H,34,37). The van der Waals surface area contributed by atoms with Crippen LogP contribution in [-0.4, -0.2) is 15.0 Å². The summed E-state index contributed by atoms with van der Waals surface area (Å²) in [5.74, 6) is -0.570. The van der Waals surface area contributed by atoms with Crippen molar-refractivity contribution in [2.24, 2.45) is 0 Å². The van der Waals surface area contributed by atoms with Crippen LogP contribution in [0.25, 0.3) is 16.9 Å². The zero-order valence-corrected chi connectivity index (χ0v) is 20.0. The van der Waals surface area contributed by atoms with Crippen molar-refractivity contribution in [2.45, 2.75) is 12.7 Å². The molecule has 1 N–H and O–H groups in total. The first kappa shape index (κ1) is 24.8. The molecule has 1 amide bonds. The molecule has 1 heterocycles. The van der Waals surface area contributed by atoms with E-state index in [9.17, 15) is 22.8 Å². The van der Waals surface area contributed by atoms with Crippen LogP contribution in [0.2, 0.25) is 0 Å². The zero-order valence-electron chi connectivity index (χ0n) is 20.0. The van der Waals surface area contributed by atoms with Crippen LogP contribution in [0.1, 0.15) is 21.6 Å². The van der Waals surface area contributed by atoms with Crippen molar-refractivity contribution in [3.8, 4) is 16.9 Å². The predicted octanol–water partition coefficient (Wildman–Crippen LogP) is 6.63. The van der Waals surface area contributed by atoms with Crippen LogP contribution in [0.4, 0.5) is 18.9 Å². The van der Waals surface area contributed by atoms with Gasteiger partial charge in [-0.1, -0.05) is 78.9 Å². The van der Waals surface area contributed by atoms with E-state index in [2.05, 4.69) is 5.32 Å². The maximum Gasteiger partial charge on any atom is 0.416 e. The molecule has 0 atom stereocenters. The quantitative estimate of drug-likeness (QED) is 0.277. The Morgan fingerprint density at radius 1 is 0.737 bits per heavy atom. The summed E-state index contributed by atoms with van der Waals surface area (Å²) in [4.78, 5) is 27.7. The zero-order chi connectivity index (χ0) is 26.7. The van der Waals surface area contributed by atoms with Gasteiger partial charge in [-0.15, -0.1) is 0 Å². The lowest BCUT2D eigenvalue weighted by Gasteiger charge is -2.13. The number of aromatic nitrogens is 2. The van der Waals surface area contributed by atoms with Crippen LogP contribution >= 0.6 is 0 Å². The van der Waals surface area contributed by atoms with E-state index in [1.807, 2.05) is 30.3 Å². The number of para-hydroxylation sites is 2. The van der Waals surface area contributed by atoms with Gasteiger partial charge in [0.1, 0.15) is 5.69 Å². The molecule has 0 spiro atoms. The molecule has 4 aromatic carbocycles. The molecule has 0 saturated heterocycles. The van der Waals surface area contributed by atoms with Crippen molar-refractivity contribution >= 4 is 11.6 Å². The van der Waals surface area contributed by atoms with Gasteiger partial charge in [0.05, 0.1) is 23.5 Å². The maximum absolute atomic E-state index is 13.9. The highest BCUT2D eigenvalue weighted by Crippen LogP contribution is 2.33. The summed E-state index contributed by atoms with van der Waals surface area (Å²) in [7, 11) is 0. The number of amides is 1. The number of nitrogens with one attached hydrogen (secondary N) is 1. The van der Waals surface area contributed by atoms with E-state index in [0.29, 0.717) is 16.9 Å². The highest BCUT2D eigenvalue weighted by Gasteiger charge is 2.31. The summed E-state index contributed by atoms with van der Waals surface area (Å²) in [5, 5.41) is 2.83. The van der Waals surface area contributed by atoms with E-state index in [-0.39, 0.29) is 17.9 Å². The molecule has 0 fully saturated rings. The first-order valence-electron chi connectivity index (χ1n) is 11.8. The van der Waals surface area contributed by atoms with Crippen molar-refractivity contribution in [2.75, 3.05) is 5.32 Å². The number of halogens is 3. The summed E-state index contributed by atoms with van der Waals surface area (Å²) in [6, 6.07) is 31.1. The van der Waals surface area contributed by atoms with Gasteiger partial charge < -0.3 is 5.32 Å². The highest BCUT2D eigenvalue weighted by atomic mass is 19.4. The van der Waals surface area contributed by atoms with Crippen LogP contribution in [0.5, 0.6) is 0 Å².